The minimum Gasteiger partial charge on any atom is -0.355 e. The molecule has 0 bridgehead atoms. The van der Waals surface area contributed by atoms with Gasteiger partial charge in [-0.3, -0.25) is 4.98 Å². The first kappa shape index (κ1) is 17.0. The Morgan fingerprint density at radius 3 is 2.44 bits per heavy atom. The highest BCUT2D eigenvalue weighted by atomic mass is 16.5. The van der Waals surface area contributed by atoms with E-state index in [0.717, 1.165) is 35.6 Å². The Labute approximate surface area is 156 Å². The second kappa shape index (κ2) is 7.86. The molecule has 8 heteroatoms. The highest BCUT2D eigenvalue weighted by Gasteiger charge is 2.28. The minimum atomic E-state index is -0.278. The molecule has 1 aliphatic rings. The standard InChI is InChI=1S/C19H20N6O2/c26-19(22-12-17-24-18(25-27-17)14-3-4-14)21-11-13-1-5-15(6-2-13)23-16-7-9-20-10-8-16/h1-2,5-10,14H,3-4,11-12H2,(H,20,23)(H2,21,22,26). The molecule has 1 aromatic carbocycles. The van der Waals surface area contributed by atoms with Crippen molar-refractivity contribution < 1.29 is 9.32 Å². The van der Waals surface area contributed by atoms with Crippen LogP contribution in [0.15, 0.2) is 53.3 Å². The number of urea groups is 1. The summed E-state index contributed by atoms with van der Waals surface area (Å²) in [5.41, 5.74) is 2.94. The summed E-state index contributed by atoms with van der Waals surface area (Å²) in [6.07, 6.45) is 5.70. The number of amides is 2. The average molecular weight is 364 g/mol. The Hall–Kier alpha value is -3.42. The van der Waals surface area contributed by atoms with Gasteiger partial charge in [0.25, 0.3) is 0 Å². The van der Waals surface area contributed by atoms with Crippen LogP contribution in [0.3, 0.4) is 0 Å². The summed E-state index contributed by atoms with van der Waals surface area (Å²) in [4.78, 5) is 20.2. The Kier molecular flexibility index (Phi) is 4.95. The van der Waals surface area contributed by atoms with Crippen LogP contribution >= 0.6 is 0 Å². The fourth-order valence-corrected chi connectivity index (χ4v) is 2.56. The zero-order chi connectivity index (χ0) is 18.5. The zero-order valence-electron chi connectivity index (χ0n) is 14.7. The number of pyridine rings is 1. The highest BCUT2D eigenvalue weighted by Crippen LogP contribution is 2.38. The van der Waals surface area contributed by atoms with Gasteiger partial charge in [-0.25, -0.2) is 4.79 Å². The number of aromatic nitrogens is 3. The Balaban J connectivity index is 1.21. The number of carbonyl (C=O) groups is 1. The molecule has 0 unspecified atom stereocenters. The van der Waals surface area contributed by atoms with Crippen molar-refractivity contribution in [2.24, 2.45) is 0 Å². The van der Waals surface area contributed by atoms with Crippen LogP contribution in [0.25, 0.3) is 0 Å². The van der Waals surface area contributed by atoms with Crippen LogP contribution in [0.1, 0.15) is 36.0 Å². The third-order valence-electron chi connectivity index (χ3n) is 4.20. The second-order valence-electron chi connectivity index (χ2n) is 6.41. The molecule has 0 spiro atoms. The molecule has 1 saturated carbocycles. The molecule has 0 aliphatic heterocycles. The van der Waals surface area contributed by atoms with Crippen molar-refractivity contribution in [3.05, 3.63) is 66.1 Å². The number of nitrogens with one attached hydrogen (secondary N) is 3. The quantitative estimate of drug-likeness (QED) is 0.595. The van der Waals surface area contributed by atoms with Gasteiger partial charge in [-0.05, 0) is 42.7 Å². The molecule has 0 saturated heterocycles. The molecule has 0 radical (unpaired) electrons. The van der Waals surface area contributed by atoms with Crippen LogP contribution in [0.4, 0.5) is 16.2 Å². The first-order valence-corrected chi connectivity index (χ1v) is 8.86. The lowest BCUT2D eigenvalue weighted by Crippen LogP contribution is -2.34. The average Bonchev–Trinajstić information content (AvgIpc) is 3.45. The van der Waals surface area contributed by atoms with Gasteiger partial charge < -0.3 is 20.5 Å². The van der Waals surface area contributed by atoms with Crippen LogP contribution in [0, 0.1) is 0 Å². The van der Waals surface area contributed by atoms with Crippen LogP contribution in [0.5, 0.6) is 0 Å². The number of carbonyl (C=O) groups excluding carboxylic acids is 1. The summed E-state index contributed by atoms with van der Waals surface area (Å²) in [6, 6.07) is 11.4. The first-order valence-electron chi connectivity index (χ1n) is 8.86. The molecular weight excluding hydrogens is 344 g/mol. The smallest absolute Gasteiger partial charge is 0.315 e. The molecule has 4 rings (SSSR count). The summed E-state index contributed by atoms with van der Waals surface area (Å²) in [7, 11) is 0. The van der Waals surface area contributed by atoms with Gasteiger partial charge >= 0.3 is 6.03 Å². The van der Waals surface area contributed by atoms with Crippen molar-refractivity contribution in [2.75, 3.05) is 5.32 Å². The largest absolute Gasteiger partial charge is 0.355 e. The van der Waals surface area contributed by atoms with E-state index in [-0.39, 0.29) is 12.6 Å². The predicted molar refractivity (Wildman–Crippen MR) is 99.3 cm³/mol. The molecule has 2 amide bonds. The predicted octanol–water partition coefficient (Wildman–Crippen LogP) is 3.09. The van der Waals surface area contributed by atoms with Crippen LogP contribution < -0.4 is 16.0 Å². The fraction of sp³-hybridized carbons (Fsp3) is 0.263. The lowest BCUT2D eigenvalue weighted by Gasteiger charge is -2.08. The number of hydrogen-bond donors (Lipinski definition) is 3. The number of nitrogens with zero attached hydrogens (tertiary/aromatic N) is 3. The van der Waals surface area contributed by atoms with E-state index in [4.69, 9.17) is 4.52 Å². The normalized spacial score (nSPS) is 13.2. The van der Waals surface area contributed by atoms with Crippen molar-refractivity contribution >= 4 is 17.4 Å². The van der Waals surface area contributed by atoms with Crippen molar-refractivity contribution in [1.82, 2.24) is 25.8 Å². The van der Waals surface area contributed by atoms with Crippen LogP contribution in [0.2, 0.25) is 0 Å². The third-order valence-corrected chi connectivity index (χ3v) is 4.20. The molecule has 138 valence electrons. The van der Waals surface area contributed by atoms with Crippen LogP contribution in [-0.4, -0.2) is 21.2 Å². The van der Waals surface area contributed by atoms with Gasteiger partial charge in [0.1, 0.15) is 0 Å². The van der Waals surface area contributed by atoms with E-state index in [2.05, 4.69) is 31.1 Å². The molecule has 27 heavy (non-hydrogen) atoms. The molecule has 3 N–H and O–H groups in total. The van der Waals surface area contributed by atoms with E-state index in [1.54, 1.807) is 12.4 Å². The Morgan fingerprint density at radius 1 is 1.00 bits per heavy atom. The number of hydrogen-bond acceptors (Lipinski definition) is 6. The maximum absolute atomic E-state index is 11.9. The molecule has 2 heterocycles. The third kappa shape index (κ3) is 4.81. The highest BCUT2D eigenvalue weighted by molar-refractivity contribution is 5.73. The summed E-state index contributed by atoms with van der Waals surface area (Å²) in [5.74, 6) is 1.61. The van der Waals surface area contributed by atoms with Gasteiger partial charge in [0.05, 0.1) is 6.54 Å². The Morgan fingerprint density at radius 2 is 1.70 bits per heavy atom. The molecule has 3 aromatic rings. The monoisotopic (exact) mass is 364 g/mol. The van der Waals surface area contributed by atoms with E-state index >= 15 is 0 Å². The molecule has 1 fully saturated rings. The fourth-order valence-electron chi connectivity index (χ4n) is 2.56. The summed E-state index contributed by atoms with van der Waals surface area (Å²) in [5, 5.41) is 12.7. The maximum atomic E-state index is 11.9. The zero-order valence-corrected chi connectivity index (χ0v) is 14.7. The van der Waals surface area contributed by atoms with Gasteiger partial charge in [-0.15, -0.1) is 0 Å². The van der Waals surface area contributed by atoms with Crippen LogP contribution in [-0.2, 0) is 13.1 Å². The van der Waals surface area contributed by atoms with Crippen molar-refractivity contribution in [2.45, 2.75) is 31.8 Å². The lowest BCUT2D eigenvalue weighted by atomic mass is 10.2. The first-order chi connectivity index (χ1) is 13.3. The minimum absolute atomic E-state index is 0.223. The molecule has 0 atom stereocenters. The number of rotatable bonds is 7. The van der Waals surface area contributed by atoms with E-state index in [1.807, 2.05) is 36.4 Å². The van der Waals surface area contributed by atoms with Crippen molar-refractivity contribution in [3.8, 4) is 0 Å². The SMILES string of the molecule is O=C(NCc1ccc(Nc2ccncc2)cc1)NCc1nc(C2CC2)no1. The van der Waals surface area contributed by atoms with Gasteiger partial charge in [0, 0.05) is 36.2 Å². The second-order valence-corrected chi connectivity index (χ2v) is 6.41. The molecule has 2 aromatic heterocycles. The maximum Gasteiger partial charge on any atom is 0.315 e. The number of benzene rings is 1. The van der Waals surface area contributed by atoms with Gasteiger partial charge in [-0.1, -0.05) is 17.3 Å². The van der Waals surface area contributed by atoms with E-state index < -0.39 is 0 Å². The van der Waals surface area contributed by atoms with E-state index in [9.17, 15) is 4.79 Å². The van der Waals surface area contributed by atoms with Gasteiger partial charge in [-0.2, -0.15) is 4.98 Å². The van der Waals surface area contributed by atoms with E-state index in [1.165, 1.54) is 0 Å². The van der Waals surface area contributed by atoms with Gasteiger partial charge in [0.2, 0.25) is 5.89 Å². The van der Waals surface area contributed by atoms with E-state index in [0.29, 0.717) is 18.4 Å². The summed E-state index contributed by atoms with van der Waals surface area (Å²) < 4.78 is 5.13. The van der Waals surface area contributed by atoms with Gasteiger partial charge in [0.15, 0.2) is 5.82 Å². The summed E-state index contributed by atoms with van der Waals surface area (Å²) in [6.45, 7) is 0.652. The van der Waals surface area contributed by atoms with Crippen molar-refractivity contribution in [1.29, 1.82) is 0 Å². The molecule has 1 aliphatic carbocycles. The topological polar surface area (TPSA) is 105 Å². The Bertz CT molecular complexity index is 890. The lowest BCUT2D eigenvalue weighted by molar-refractivity contribution is 0.238. The summed E-state index contributed by atoms with van der Waals surface area (Å²) >= 11 is 0. The van der Waals surface area contributed by atoms with Crippen molar-refractivity contribution in [3.63, 3.8) is 0 Å². The number of anilines is 2. The molecule has 8 nitrogen and oxygen atoms in total. The molecular formula is C19H20N6O2.